The van der Waals surface area contributed by atoms with Crippen molar-refractivity contribution < 1.29 is 4.74 Å². The molecule has 0 unspecified atom stereocenters. The maximum absolute atomic E-state index is 5.75. The van der Waals surface area contributed by atoms with Crippen LogP contribution in [0.3, 0.4) is 0 Å². The maximum Gasteiger partial charge on any atom is 0.140 e. The van der Waals surface area contributed by atoms with Gasteiger partial charge in [0.25, 0.3) is 0 Å². The van der Waals surface area contributed by atoms with Gasteiger partial charge in [0, 0.05) is 28.6 Å². The molecule has 0 radical (unpaired) electrons. The minimum atomic E-state index is 0.465. The van der Waals surface area contributed by atoms with Gasteiger partial charge in [-0.25, -0.2) is 4.98 Å². The highest BCUT2D eigenvalue weighted by Gasteiger charge is 2.04. The first-order chi connectivity index (χ1) is 9.15. The van der Waals surface area contributed by atoms with E-state index in [9.17, 15) is 0 Å². The van der Waals surface area contributed by atoms with Crippen molar-refractivity contribution in [3.05, 3.63) is 44.8 Å². The molecule has 0 aliphatic carbocycles. The summed E-state index contributed by atoms with van der Waals surface area (Å²) in [7, 11) is 0. The lowest BCUT2D eigenvalue weighted by molar-refractivity contribution is 0.305. The molecule has 0 fully saturated rings. The number of rotatable bonds is 6. The van der Waals surface area contributed by atoms with Crippen LogP contribution in [-0.4, -0.2) is 11.0 Å². The Bertz CT molecular complexity index is 514. The van der Waals surface area contributed by atoms with Crippen LogP contribution in [0.1, 0.15) is 24.4 Å². The molecule has 0 atom stereocenters. The van der Waals surface area contributed by atoms with Crippen LogP contribution >= 0.6 is 27.3 Å². The average Bonchev–Trinajstić information content (AvgIpc) is 2.89. The highest BCUT2D eigenvalue weighted by Crippen LogP contribution is 2.23. The van der Waals surface area contributed by atoms with Crippen molar-refractivity contribution in [2.45, 2.75) is 33.0 Å². The number of aromatic nitrogens is 1. The molecule has 0 saturated heterocycles. The molecular weight excluding hydrogens is 324 g/mol. The molecule has 0 amide bonds. The van der Waals surface area contributed by atoms with Gasteiger partial charge in [-0.15, -0.1) is 11.3 Å². The zero-order valence-corrected chi connectivity index (χ0v) is 13.4. The van der Waals surface area contributed by atoms with Crippen molar-refractivity contribution in [2.75, 3.05) is 0 Å². The van der Waals surface area contributed by atoms with Crippen LogP contribution in [0.5, 0.6) is 5.75 Å². The van der Waals surface area contributed by atoms with Crippen LogP contribution in [-0.2, 0) is 13.2 Å². The molecule has 1 aromatic heterocycles. The summed E-state index contributed by atoms with van der Waals surface area (Å²) in [6, 6.07) is 6.52. The second kappa shape index (κ2) is 7.03. The molecule has 0 aliphatic rings. The van der Waals surface area contributed by atoms with Gasteiger partial charge in [0.05, 0.1) is 0 Å². The fourth-order valence-electron chi connectivity index (χ4n) is 1.56. The molecule has 1 N–H and O–H groups in total. The molecule has 102 valence electrons. The van der Waals surface area contributed by atoms with E-state index in [2.05, 4.69) is 46.1 Å². The van der Waals surface area contributed by atoms with Crippen LogP contribution in [0, 0.1) is 0 Å². The number of thiazole rings is 1. The van der Waals surface area contributed by atoms with E-state index in [4.69, 9.17) is 4.74 Å². The standard InChI is InChI=1S/C14H17BrN2OS/c1-10(2)17-8-11-7-12(3-4-13(11)15)18-9-14-16-5-6-19-14/h3-7,10,17H,8-9H2,1-2H3. The van der Waals surface area contributed by atoms with Crippen molar-refractivity contribution in [1.82, 2.24) is 10.3 Å². The first-order valence-electron chi connectivity index (χ1n) is 6.18. The average molecular weight is 341 g/mol. The number of ether oxygens (including phenoxy) is 1. The Labute approximate surface area is 126 Å². The van der Waals surface area contributed by atoms with E-state index in [-0.39, 0.29) is 0 Å². The van der Waals surface area contributed by atoms with Crippen LogP contribution in [0.4, 0.5) is 0 Å². The lowest BCUT2D eigenvalue weighted by Crippen LogP contribution is -2.22. The zero-order valence-electron chi connectivity index (χ0n) is 11.0. The Balaban J connectivity index is 1.99. The summed E-state index contributed by atoms with van der Waals surface area (Å²) < 4.78 is 6.85. The van der Waals surface area contributed by atoms with E-state index in [1.165, 1.54) is 5.56 Å². The number of nitrogens with zero attached hydrogens (tertiary/aromatic N) is 1. The molecule has 2 rings (SSSR count). The second-order valence-electron chi connectivity index (χ2n) is 4.50. The van der Waals surface area contributed by atoms with Crippen molar-refractivity contribution >= 4 is 27.3 Å². The van der Waals surface area contributed by atoms with E-state index in [0.29, 0.717) is 12.6 Å². The van der Waals surface area contributed by atoms with E-state index >= 15 is 0 Å². The van der Waals surface area contributed by atoms with Gasteiger partial charge < -0.3 is 10.1 Å². The smallest absolute Gasteiger partial charge is 0.140 e. The third-order valence-electron chi connectivity index (χ3n) is 2.56. The Morgan fingerprint density at radius 2 is 2.26 bits per heavy atom. The minimum absolute atomic E-state index is 0.465. The van der Waals surface area contributed by atoms with E-state index < -0.39 is 0 Å². The summed E-state index contributed by atoms with van der Waals surface area (Å²) in [4.78, 5) is 4.20. The molecule has 2 aromatic rings. The van der Waals surface area contributed by atoms with Crippen molar-refractivity contribution in [2.24, 2.45) is 0 Å². The van der Waals surface area contributed by atoms with Crippen molar-refractivity contribution in [3.63, 3.8) is 0 Å². The third-order valence-corrected chi connectivity index (χ3v) is 4.09. The zero-order chi connectivity index (χ0) is 13.7. The Hall–Kier alpha value is -0.910. The quantitative estimate of drug-likeness (QED) is 0.863. The maximum atomic E-state index is 5.75. The summed E-state index contributed by atoms with van der Waals surface area (Å²) in [6.45, 7) is 5.62. The summed E-state index contributed by atoms with van der Waals surface area (Å²) >= 11 is 5.17. The van der Waals surface area contributed by atoms with Gasteiger partial charge in [-0.2, -0.15) is 0 Å². The van der Waals surface area contributed by atoms with Crippen LogP contribution in [0.25, 0.3) is 0 Å². The van der Waals surface area contributed by atoms with Gasteiger partial charge in [-0.05, 0) is 23.8 Å². The number of nitrogens with one attached hydrogen (secondary N) is 1. The highest BCUT2D eigenvalue weighted by molar-refractivity contribution is 9.10. The Morgan fingerprint density at radius 3 is 2.95 bits per heavy atom. The molecule has 5 heteroatoms. The lowest BCUT2D eigenvalue weighted by atomic mass is 10.2. The first-order valence-corrected chi connectivity index (χ1v) is 7.85. The largest absolute Gasteiger partial charge is 0.486 e. The summed E-state index contributed by atoms with van der Waals surface area (Å²) in [6.07, 6.45) is 1.79. The topological polar surface area (TPSA) is 34.1 Å². The van der Waals surface area contributed by atoms with E-state index in [1.807, 2.05) is 17.5 Å². The molecule has 19 heavy (non-hydrogen) atoms. The van der Waals surface area contributed by atoms with Gasteiger partial charge in [0.2, 0.25) is 0 Å². The molecule has 1 heterocycles. The Morgan fingerprint density at radius 1 is 1.42 bits per heavy atom. The summed E-state index contributed by atoms with van der Waals surface area (Å²) in [5, 5.41) is 6.35. The normalized spacial score (nSPS) is 10.9. The van der Waals surface area contributed by atoms with Crippen LogP contribution in [0.2, 0.25) is 0 Å². The fourth-order valence-corrected chi connectivity index (χ4v) is 2.47. The molecule has 0 aliphatic heterocycles. The number of hydrogen-bond donors (Lipinski definition) is 1. The number of halogens is 1. The van der Waals surface area contributed by atoms with Crippen molar-refractivity contribution in [3.8, 4) is 5.75 Å². The van der Waals surface area contributed by atoms with Gasteiger partial charge in [0.15, 0.2) is 0 Å². The summed E-state index contributed by atoms with van der Waals surface area (Å²) in [5.41, 5.74) is 1.20. The molecular formula is C14H17BrN2OS. The molecule has 1 aromatic carbocycles. The highest BCUT2D eigenvalue weighted by atomic mass is 79.9. The number of benzene rings is 1. The van der Waals surface area contributed by atoms with Crippen molar-refractivity contribution in [1.29, 1.82) is 0 Å². The van der Waals surface area contributed by atoms with Gasteiger partial charge in [-0.3, -0.25) is 0 Å². The van der Waals surface area contributed by atoms with Gasteiger partial charge in [-0.1, -0.05) is 29.8 Å². The predicted octanol–water partition coefficient (Wildman–Crippen LogP) is 3.98. The minimum Gasteiger partial charge on any atom is -0.486 e. The van der Waals surface area contributed by atoms with Gasteiger partial charge in [0.1, 0.15) is 17.4 Å². The molecule has 0 bridgehead atoms. The predicted molar refractivity (Wildman–Crippen MR) is 82.6 cm³/mol. The monoisotopic (exact) mass is 340 g/mol. The molecule has 3 nitrogen and oxygen atoms in total. The SMILES string of the molecule is CC(C)NCc1cc(OCc2nccs2)ccc1Br. The second-order valence-corrected chi connectivity index (χ2v) is 6.34. The third kappa shape index (κ3) is 4.60. The summed E-state index contributed by atoms with van der Waals surface area (Å²) in [5.74, 6) is 0.874. The molecule has 0 saturated carbocycles. The Kier molecular flexibility index (Phi) is 5.36. The van der Waals surface area contributed by atoms with E-state index in [1.54, 1.807) is 17.5 Å². The van der Waals surface area contributed by atoms with E-state index in [0.717, 1.165) is 21.8 Å². The van der Waals surface area contributed by atoms with Crippen LogP contribution < -0.4 is 10.1 Å². The molecule has 0 spiro atoms. The fraction of sp³-hybridized carbons (Fsp3) is 0.357. The first kappa shape index (κ1) is 14.5. The lowest BCUT2D eigenvalue weighted by Gasteiger charge is -2.12. The van der Waals surface area contributed by atoms with Crippen LogP contribution in [0.15, 0.2) is 34.2 Å². The van der Waals surface area contributed by atoms with Gasteiger partial charge >= 0.3 is 0 Å². The number of hydrogen-bond acceptors (Lipinski definition) is 4.